The number of carbonyl (C=O) groups excluding carboxylic acids is 1. The Bertz CT molecular complexity index is 280. The first kappa shape index (κ1) is 14.8. The van der Waals surface area contributed by atoms with Gasteiger partial charge in [0.15, 0.2) is 0 Å². The first-order valence-corrected chi connectivity index (χ1v) is 7.62. The highest BCUT2D eigenvalue weighted by Crippen LogP contribution is 2.13. The van der Waals surface area contributed by atoms with E-state index in [2.05, 4.69) is 22.5 Å². The Labute approximate surface area is 116 Å². The Morgan fingerprint density at radius 2 is 2.11 bits per heavy atom. The van der Waals surface area contributed by atoms with Crippen molar-refractivity contribution in [2.75, 3.05) is 45.9 Å². The molecule has 2 saturated heterocycles. The van der Waals surface area contributed by atoms with Crippen LogP contribution in [0.4, 0.5) is 0 Å². The summed E-state index contributed by atoms with van der Waals surface area (Å²) < 4.78 is 5.40. The average molecular weight is 269 g/mol. The zero-order valence-corrected chi connectivity index (χ0v) is 12.0. The van der Waals surface area contributed by atoms with E-state index in [-0.39, 0.29) is 17.9 Å². The minimum atomic E-state index is -0.0215. The molecule has 0 aliphatic carbocycles. The summed E-state index contributed by atoms with van der Waals surface area (Å²) in [7, 11) is 0. The highest BCUT2D eigenvalue weighted by Gasteiger charge is 2.33. The van der Waals surface area contributed by atoms with Crippen molar-refractivity contribution in [3.63, 3.8) is 0 Å². The molecule has 5 nitrogen and oxygen atoms in total. The van der Waals surface area contributed by atoms with Crippen LogP contribution in [0.5, 0.6) is 0 Å². The molecule has 2 atom stereocenters. The van der Waals surface area contributed by atoms with Gasteiger partial charge in [0.05, 0.1) is 19.1 Å². The number of hydrogen-bond donors (Lipinski definition) is 2. The molecule has 2 rings (SSSR count). The molecule has 19 heavy (non-hydrogen) atoms. The molecule has 0 bridgehead atoms. The van der Waals surface area contributed by atoms with Gasteiger partial charge < -0.3 is 20.3 Å². The summed E-state index contributed by atoms with van der Waals surface area (Å²) in [5.41, 5.74) is 0. The van der Waals surface area contributed by atoms with Gasteiger partial charge in [-0.1, -0.05) is 6.92 Å². The fraction of sp³-hybridized carbons (Fsp3) is 0.929. The van der Waals surface area contributed by atoms with Gasteiger partial charge >= 0.3 is 0 Å². The number of carbonyl (C=O) groups is 1. The Morgan fingerprint density at radius 1 is 1.32 bits per heavy atom. The lowest BCUT2D eigenvalue weighted by molar-refractivity contribution is -0.125. The lowest BCUT2D eigenvalue weighted by atomic mass is 10.0. The van der Waals surface area contributed by atoms with Crippen molar-refractivity contribution in [2.24, 2.45) is 5.92 Å². The summed E-state index contributed by atoms with van der Waals surface area (Å²) in [4.78, 5) is 14.6. The third-order valence-corrected chi connectivity index (χ3v) is 4.03. The van der Waals surface area contributed by atoms with Crippen LogP contribution >= 0.6 is 0 Å². The van der Waals surface area contributed by atoms with Crippen LogP contribution in [0, 0.1) is 5.92 Å². The minimum Gasteiger partial charge on any atom is -0.379 e. The second kappa shape index (κ2) is 7.82. The van der Waals surface area contributed by atoms with Crippen molar-refractivity contribution < 1.29 is 9.53 Å². The van der Waals surface area contributed by atoms with Crippen LogP contribution in [0.15, 0.2) is 0 Å². The molecule has 5 heteroatoms. The highest BCUT2D eigenvalue weighted by molar-refractivity contribution is 5.79. The molecule has 2 heterocycles. The van der Waals surface area contributed by atoms with E-state index in [4.69, 9.17) is 4.74 Å². The minimum absolute atomic E-state index is 0.0215. The van der Waals surface area contributed by atoms with Crippen molar-refractivity contribution in [3.05, 3.63) is 0 Å². The topological polar surface area (TPSA) is 53.6 Å². The fourth-order valence-electron chi connectivity index (χ4n) is 2.93. The summed E-state index contributed by atoms with van der Waals surface area (Å²) in [6, 6.07) is 0.184. The lowest BCUT2D eigenvalue weighted by Crippen LogP contribution is -2.44. The van der Waals surface area contributed by atoms with Crippen molar-refractivity contribution in [3.8, 4) is 0 Å². The molecule has 1 amide bonds. The van der Waals surface area contributed by atoms with Gasteiger partial charge in [-0.15, -0.1) is 0 Å². The molecule has 0 aromatic carbocycles. The third-order valence-electron chi connectivity index (χ3n) is 4.03. The van der Waals surface area contributed by atoms with Gasteiger partial charge in [0.1, 0.15) is 0 Å². The van der Waals surface area contributed by atoms with E-state index in [1.807, 2.05) is 0 Å². The predicted molar refractivity (Wildman–Crippen MR) is 75.1 cm³/mol. The summed E-state index contributed by atoms with van der Waals surface area (Å²) in [5, 5.41) is 6.37. The van der Waals surface area contributed by atoms with Crippen molar-refractivity contribution in [1.29, 1.82) is 0 Å². The molecule has 2 aliphatic heterocycles. The molecule has 0 aromatic rings. The Balaban J connectivity index is 1.60. The monoisotopic (exact) mass is 269 g/mol. The van der Waals surface area contributed by atoms with E-state index in [9.17, 15) is 4.79 Å². The maximum Gasteiger partial charge on any atom is 0.227 e. The van der Waals surface area contributed by atoms with E-state index in [1.54, 1.807) is 0 Å². The second-order valence-corrected chi connectivity index (χ2v) is 5.50. The predicted octanol–water partition coefficient (Wildman–Crippen LogP) is 0.213. The van der Waals surface area contributed by atoms with Gasteiger partial charge in [-0.05, 0) is 45.4 Å². The summed E-state index contributed by atoms with van der Waals surface area (Å²) in [6.07, 6.45) is 3.71. The summed E-state index contributed by atoms with van der Waals surface area (Å²) >= 11 is 0. The van der Waals surface area contributed by atoms with E-state index in [0.29, 0.717) is 13.2 Å². The van der Waals surface area contributed by atoms with Crippen molar-refractivity contribution in [2.45, 2.75) is 32.2 Å². The number of rotatable bonds is 7. The van der Waals surface area contributed by atoms with Crippen LogP contribution < -0.4 is 10.6 Å². The second-order valence-electron chi connectivity index (χ2n) is 5.50. The summed E-state index contributed by atoms with van der Waals surface area (Å²) in [6.45, 7) is 8.49. The number of hydrogen-bond acceptors (Lipinski definition) is 4. The molecule has 110 valence electrons. The van der Waals surface area contributed by atoms with E-state index >= 15 is 0 Å². The van der Waals surface area contributed by atoms with Crippen LogP contribution in [0.2, 0.25) is 0 Å². The van der Waals surface area contributed by atoms with E-state index in [1.165, 1.54) is 25.9 Å². The SMILES string of the molecule is CCNC1COCC1C(=O)NCCCN1CCCC1. The first-order valence-electron chi connectivity index (χ1n) is 7.62. The number of nitrogens with zero attached hydrogens (tertiary/aromatic N) is 1. The zero-order chi connectivity index (χ0) is 13.5. The van der Waals surface area contributed by atoms with Crippen molar-refractivity contribution >= 4 is 5.91 Å². The Hall–Kier alpha value is -0.650. The highest BCUT2D eigenvalue weighted by atomic mass is 16.5. The largest absolute Gasteiger partial charge is 0.379 e. The normalized spacial score (nSPS) is 27.8. The fourth-order valence-corrected chi connectivity index (χ4v) is 2.93. The number of ether oxygens (including phenoxy) is 1. The van der Waals surface area contributed by atoms with Crippen LogP contribution in [-0.2, 0) is 9.53 Å². The van der Waals surface area contributed by atoms with E-state index in [0.717, 1.165) is 26.1 Å². The molecule has 2 aliphatic rings. The molecule has 2 N–H and O–H groups in total. The van der Waals surface area contributed by atoms with E-state index < -0.39 is 0 Å². The van der Waals surface area contributed by atoms with Gasteiger partial charge in [0, 0.05) is 12.6 Å². The first-order chi connectivity index (χ1) is 9.31. The zero-order valence-electron chi connectivity index (χ0n) is 12.0. The molecule has 0 spiro atoms. The van der Waals surface area contributed by atoms with Gasteiger partial charge in [-0.2, -0.15) is 0 Å². The number of likely N-dealkylation sites (N-methyl/N-ethyl adjacent to an activating group) is 1. The van der Waals surface area contributed by atoms with Gasteiger partial charge in [-0.3, -0.25) is 4.79 Å². The maximum atomic E-state index is 12.1. The molecule has 0 aromatic heterocycles. The van der Waals surface area contributed by atoms with Crippen molar-refractivity contribution in [1.82, 2.24) is 15.5 Å². The quantitative estimate of drug-likeness (QED) is 0.649. The van der Waals surface area contributed by atoms with Crippen LogP contribution in [0.1, 0.15) is 26.2 Å². The van der Waals surface area contributed by atoms with Crippen LogP contribution in [0.25, 0.3) is 0 Å². The average Bonchev–Trinajstić information content (AvgIpc) is 3.05. The third kappa shape index (κ3) is 4.44. The molecular formula is C14H27N3O2. The lowest BCUT2D eigenvalue weighted by Gasteiger charge is -2.18. The number of amides is 1. The van der Waals surface area contributed by atoms with Crippen LogP contribution in [0.3, 0.4) is 0 Å². The molecular weight excluding hydrogens is 242 g/mol. The molecule has 2 unspecified atom stereocenters. The maximum absolute atomic E-state index is 12.1. The Kier molecular flexibility index (Phi) is 6.07. The van der Waals surface area contributed by atoms with Gasteiger partial charge in [-0.25, -0.2) is 0 Å². The summed E-state index contributed by atoms with van der Waals surface area (Å²) in [5.74, 6) is 0.122. The van der Waals surface area contributed by atoms with Gasteiger partial charge in [0.25, 0.3) is 0 Å². The van der Waals surface area contributed by atoms with Crippen LogP contribution in [-0.4, -0.2) is 62.8 Å². The molecule has 0 saturated carbocycles. The number of likely N-dealkylation sites (tertiary alicyclic amines) is 1. The molecule has 2 fully saturated rings. The van der Waals surface area contributed by atoms with Gasteiger partial charge in [0.2, 0.25) is 5.91 Å². The standard InChI is InChI=1S/C14H27N3O2/c1-2-15-13-11-19-10-12(13)14(18)16-6-5-9-17-7-3-4-8-17/h12-13,15H,2-11H2,1H3,(H,16,18). The molecule has 0 radical (unpaired) electrons. The smallest absolute Gasteiger partial charge is 0.227 e. The number of nitrogens with one attached hydrogen (secondary N) is 2. The Morgan fingerprint density at radius 3 is 2.84 bits per heavy atom.